The summed E-state index contributed by atoms with van der Waals surface area (Å²) >= 11 is 1.18. The molecule has 0 saturated carbocycles. The number of carboxylic acids is 1. The highest BCUT2D eigenvalue weighted by Crippen LogP contribution is 2.29. The zero-order valence-electron chi connectivity index (χ0n) is 19.3. The van der Waals surface area contributed by atoms with Gasteiger partial charge in [-0.3, -0.25) is 9.79 Å². The quantitative estimate of drug-likeness (QED) is 0.555. The minimum absolute atomic E-state index is 0.142. The van der Waals surface area contributed by atoms with Crippen molar-refractivity contribution in [3.63, 3.8) is 0 Å². The van der Waals surface area contributed by atoms with E-state index in [1.807, 2.05) is 25.7 Å². The third-order valence-corrected chi connectivity index (χ3v) is 6.68. The number of hydrogen-bond acceptors (Lipinski definition) is 7. The van der Waals surface area contributed by atoms with Crippen molar-refractivity contribution >= 4 is 34.1 Å². The first-order chi connectivity index (χ1) is 14.7. The van der Waals surface area contributed by atoms with Crippen molar-refractivity contribution in [2.24, 2.45) is 4.99 Å². The molecule has 1 aromatic heterocycles. The highest BCUT2D eigenvalue weighted by molar-refractivity contribution is 7.17. The van der Waals surface area contributed by atoms with Crippen molar-refractivity contribution in [2.45, 2.75) is 73.0 Å². The van der Waals surface area contributed by atoms with Gasteiger partial charge in [-0.05, 0) is 47.0 Å². The molecule has 8 nitrogen and oxygen atoms in total. The number of piperidine rings is 1. The molecule has 2 heterocycles. The number of amides is 1. The van der Waals surface area contributed by atoms with E-state index in [-0.39, 0.29) is 22.9 Å². The fraction of sp³-hybridized carbons (Fsp3) is 0.636. The van der Waals surface area contributed by atoms with Crippen molar-refractivity contribution < 1.29 is 19.4 Å². The molecular formula is C22H34N4O4S. The maximum absolute atomic E-state index is 12.7. The second kappa shape index (κ2) is 11.4. The van der Waals surface area contributed by atoms with E-state index in [1.165, 1.54) is 11.3 Å². The van der Waals surface area contributed by atoms with E-state index in [1.54, 1.807) is 13.8 Å². The Kier molecular flexibility index (Phi) is 9.18. The van der Waals surface area contributed by atoms with Crippen LogP contribution in [0, 0.1) is 6.92 Å². The van der Waals surface area contributed by atoms with E-state index in [0.717, 1.165) is 24.1 Å². The molecule has 1 aromatic rings. The van der Waals surface area contributed by atoms with Crippen LogP contribution < -0.4 is 10.2 Å². The molecule has 0 aliphatic carbocycles. The van der Waals surface area contributed by atoms with Crippen LogP contribution in [0.15, 0.2) is 16.3 Å². The Bertz CT molecular complexity index is 862. The number of thiazole rings is 1. The highest BCUT2D eigenvalue weighted by Gasteiger charge is 2.33. The Hall–Kier alpha value is -2.26. The highest BCUT2D eigenvalue weighted by atomic mass is 32.1. The topological polar surface area (TPSA) is 104 Å². The van der Waals surface area contributed by atoms with Crippen LogP contribution in [0.25, 0.3) is 0 Å². The largest absolute Gasteiger partial charge is 0.477 e. The molecule has 0 spiro atoms. The number of rotatable bonds is 9. The van der Waals surface area contributed by atoms with E-state index >= 15 is 0 Å². The Morgan fingerprint density at radius 1 is 1.32 bits per heavy atom. The van der Waals surface area contributed by atoms with Gasteiger partial charge in [0.05, 0.1) is 17.8 Å². The average Bonchev–Trinajstić information content (AvgIpc) is 3.14. The second-order valence-electron chi connectivity index (χ2n) is 7.86. The van der Waals surface area contributed by atoms with Crippen LogP contribution in [0.2, 0.25) is 0 Å². The van der Waals surface area contributed by atoms with Crippen molar-refractivity contribution in [1.29, 1.82) is 0 Å². The third-order valence-electron chi connectivity index (χ3n) is 5.47. The number of aromatic carboxylic acids is 1. The number of carbonyl (C=O) groups excluding carboxylic acids is 1. The van der Waals surface area contributed by atoms with E-state index in [0.29, 0.717) is 42.7 Å². The minimum Gasteiger partial charge on any atom is -0.477 e. The van der Waals surface area contributed by atoms with Crippen LogP contribution >= 0.6 is 11.3 Å². The predicted molar refractivity (Wildman–Crippen MR) is 124 cm³/mol. The number of anilines is 1. The lowest BCUT2D eigenvalue weighted by molar-refractivity contribution is -0.117. The normalized spacial score (nSPS) is 20.5. The molecule has 1 aliphatic rings. The van der Waals surface area contributed by atoms with Gasteiger partial charge in [0.25, 0.3) is 5.91 Å². The van der Waals surface area contributed by atoms with E-state index in [2.05, 4.69) is 22.2 Å². The van der Waals surface area contributed by atoms with Crippen LogP contribution in [-0.4, -0.2) is 59.5 Å². The zero-order chi connectivity index (χ0) is 23.1. The molecule has 31 heavy (non-hydrogen) atoms. The van der Waals surface area contributed by atoms with Crippen molar-refractivity contribution in [3.8, 4) is 0 Å². The molecule has 1 saturated heterocycles. The smallest absolute Gasteiger partial charge is 0.347 e. The van der Waals surface area contributed by atoms with Crippen molar-refractivity contribution in [2.75, 3.05) is 24.6 Å². The maximum atomic E-state index is 12.7. The summed E-state index contributed by atoms with van der Waals surface area (Å²) in [4.78, 5) is 35.3. The zero-order valence-corrected chi connectivity index (χ0v) is 20.1. The number of carboxylic acid groups (broad SMARTS) is 1. The summed E-state index contributed by atoms with van der Waals surface area (Å²) < 4.78 is 6.05. The van der Waals surface area contributed by atoms with Crippen LogP contribution in [0.3, 0.4) is 0 Å². The summed E-state index contributed by atoms with van der Waals surface area (Å²) in [7, 11) is 0. The summed E-state index contributed by atoms with van der Waals surface area (Å²) in [5.41, 5.74) is 2.98. The molecule has 172 valence electrons. The first-order valence-corrected chi connectivity index (χ1v) is 11.6. The lowest BCUT2D eigenvalue weighted by Crippen LogP contribution is -2.56. The summed E-state index contributed by atoms with van der Waals surface area (Å²) in [5, 5.41) is 13.1. The van der Waals surface area contributed by atoms with Gasteiger partial charge in [0.1, 0.15) is 10.6 Å². The lowest BCUT2D eigenvalue weighted by Gasteiger charge is -2.38. The van der Waals surface area contributed by atoms with Crippen LogP contribution in [0.4, 0.5) is 5.13 Å². The van der Waals surface area contributed by atoms with Gasteiger partial charge < -0.3 is 20.1 Å². The number of carbonyl (C=O) groups is 2. The molecule has 2 unspecified atom stereocenters. The molecular weight excluding hydrogens is 416 g/mol. The van der Waals surface area contributed by atoms with Crippen molar-refractivity contribution in [3.05, 3.63) is 21.8 Å². The molecule has 1 aliphatic heterocycles. The molecule has 9 heteroatoms. The van der Waals surface area contributed by atoms with Crippen LogP contribution in [0.5, 0.6) is 0 Å². The molecule has 0 bridgehead atoms. The van der Waals surface area contributed by atoms with Crippen molar-refractivity contribution in [1.82, 2.24) is 10.3 Å². The Morgan fingerprint density at radius 2 is 2.03 bits per heavy atom. The first kappa shape index (κ1) is 25.0. The van der Waals surface area contributed by atoms with Gasteiger partial charge in [-0.25, -0.2) is 9.78 Å². The van der Waals surface area contributed by atoms with Gasteiger partial charge in [-0.2, -0.15) is 0 Å². The van der Waals surface area contributed by atoms with E-state index in [9.17, 15) is 14.7 Å². The van der Waals surface area contributed by atoms with Gasteiger partial charge in [-0.1, -0.05) is 30.8 Å². The first-order valence-electron chi connectivity index (χ1n) is 10.8. The number of aromatic nitrogens is 1. The molecule has 0 aromatic carbocycles. The SMILES string of the molecule is CCCOC1CN(c2nc(C)c(C(=O)O)s2)CCC1NC(=O)/C(C)=N/C(C)=C(\C)CC. The molecule has 2 N–H and O–H groups in total. The number of aryl methyl sites for hydroxylation is 1. The molecule has 2 atom stereocenters. The van der Waals surface area contributed by atoms with Gasteiger partial charge in [0.15, 0.2) is 5.13 Å². The standard InChI is InChI=1S/C22H34N4O4S/c1-7-11-30-18-12-26(22-24-15(5)19(31-22)21(28)29)10-9-17(18)25-20(27)16(6)23-14(4)13(3)8-2/h17-18H,7-12H2,1-6H3,(H,25,27)(H,28,29)/b14-13+,23-16+. The van der Waals surface area contributed by atoms with Gasteiger partial charge in [0.2, 0.25) is 0 Å². The number of nitrogens with zero attached hydrogens (tertiary/aromatic N) is 3. The fourth-order valence-corrected chi connectivity index (χ4v) is 4.28. The summed E-state index contributed by atoms with van der Waals surface area (Å²) in [5.74, 6) is -1.15. The fourth-order valence-electron chi connectivity index (χ4n) is 3.34. The van der Waals surface area contributed by atoms with E-state index in [4.69, 9.17) is 4.74 Å². The third kappa shape index (κ3) is 6.61. The van der Waals surface area contributed by atoms with Crippen LogP contribution in [-0.2, 0) is 9.53 Å². The van der Waals surface area contributed by atoms with E-state index < -0.39 is 5.97 Å². The van der Waals surface area contributed by atoms with Gasteiger partial charge in [0, 0.05) is 25.4 Å². The minimum atomic E-state index is -0.959. The molecule has 0 radical (unpaired) electrons. The van der Waals surface area contributed by atoms with Gasteiger partial charge in [-0.15, -0.1) is 0 Å². The molecule has 1 fully saturated rings. The number of aliphatic imine (C=N–C) groups is 1. The average molecular weight is 451 g/mol. The monoisotopic (exact) mass is 450 g/mol. The predicted octanol–water partition coefficient (Wildman–Crippen LogP) is 3.80. The Balaban J connectivity index is 2.13. The molecule has 2 rings (SSSR count). The maximum Gasteiger partial charge on any atom is 0.347 e. The number of allylic oxidation sites excluding steroid dienone is 2. The Morgan fingerprint density at radius 3 is 2.61 bits per heavy atom. The summed E-state index contributed by atoms with van der Waals surface area (Å²) in [6.45, 7) is 13.3. The second-order valence-corrected chi connectivity index (χ2v) is 8.83. The number of hydrogen-bond donors (Lipinski definition) is 2. The number of nitrogens with one attached hydrogen (secondary N) is 1. The van der Waals surface area contributed by atoms with Crippen LogP contribution in [0.1, 0.15) is 69.2 Å². The Labute approximate surface area is 188 Å². The molecule has 1 amide bonds. The number of ether oxygens (including phenoxy) is 1. The summed E-state index contributed by atoms with van der Waals surface area (Å²) in [6, 6.07) is -0.142. The lowest BCUT2D eigenvalue weighted by atomic mass is 10.0. The van der Waals surface area contributed by atoms with Gasteiger partial charge >= 0.3 is 5.97 Å². The summed E-state index contributed by atoms with van der Waals surface area (Å²) in [6.07, 6.45) is 2.24.